The fourth-order valence-corrected chi connectivity index (χ4v) is 2.77. The van der Waals surface area contributed by atoms with E-state index in [2.05, 4.69) is 26.3 Å². The van der Waals surface area contributed by atoms with Crippen molar-refractivity contribution >= 4 is 47.3 Å². The number of rotatable bonds is 6. The van der Waals surface area contributed by atoms with Crippen LogP contribution in [0.4, 0.5) is 5.69 Å². The molecule has 0 spiro atoms. The van der Waals surface area contributed by atoms with Crippen molar-refractivity contribution in [2.75, 3.05) is 11.9 Å². The highest BCUT2D eigenvalue weighted by Gasteiger charge is 2.07. The van der Waals surface area contributed by atoms with Crippen LogP contribution in [0.5, 0.6) is 5.75 Å². The first-order valence-electron chi connectivity index (χ1n) is 8.81. The molecule has 0 unspecified atom stereocenters. The van der Waals surface area contributed by atoms with Gasteiger partial charge in [-0.2, -0.15) is 0 Å². The standard InChI is InChI=1S/C21H20N4O2.2ClH/c1-2-23-21(16-3-8-20-15(11-16)9-10-26-20)25-17-4-6-19(7-5-17)27-13-18-12-22-14-24-18;;/h3-12,14H,2,13H2,1H3,(H,22,24)(H,23,25);2*1H. The van der Waals surface area contributed by atoms with Crippen LogP contribution in [0.2, 0.25) is 0 Å². The summed E-state index contributed by atoms with van der Waals surface area (Å²) >= 11 is 0. The Morgan fingerprint density at radius 3 is 2.69 bits per heavy atom. The van der Waals surface area contributed by atoms with Crippen LogP contribution in [-0.4, -0.2) is 22.3 Å². The summed E-state index contributed by atoms with van der Waals surface area (Å²) in [5, 5.41) is 4.45. The fourth-order valence-electron chi connectivity index (χ4n) is 2.77. The van der Waals surface area contributed by atoms with Gasteiger partial charge in [0.05, 0.1) is 24.5 Å². The molecule has 29 heavy (non-hydrogen) atoms. The normalized spacial score (nSPS) is 10.9. The number of aliphatic imine (C=N–C) groups is 1. The minimum atomic E-state index is 0. The maximum atomic E-state index is 5.74. The summed E-state index contributed by atoms with van der Waals surface area (Å²) in [6, 6.07) is 15.8. The monoisotopic (exact) mass is 432 g/mol. The summed E-state index contributed by atoms with van der Waals surface area (Å²) in [6.07, 6.45) is 5.09. The number of benzene rings is 2. The molecule has 0 radical (unpaired) electrons. The molecule has 0 saturated carbocycles. The number of fused-ring (bicyclic) bond motifs is 1. The van der Waals surface area contributed by atoms with E-state index < -0.39 is 0 Å². The summed E-state index contributed by atoms with van der Waals surface area (Å²) in [5.74, 6) is 1.62. The Hall–Kier alpha value is -2.96. The van der Waals surface area contributed by atoms with Crippen molar-refractivity contribution in [3.8, 4) is 5.75 Å². The summed E-state index contributed by atoms with van der Waals surface area (Å²) in [5.41, 5.74) is 3.77. The molecule has 2 aromatic carbocycles. The molecular weight excluding hydrogens is 411 g/mol. The number of nitrogens with zero attached hydrogens (tertiary/aromatic N) is 2. The molecule has 0 bridgehead atoms. The highest BCUT2D eigenvalue weighted by atomic mass is 35.5. The minimum Gasteiger partial charge on any atom is -0.487 e. The molecule has 8 heteroatoms. The van der Waals surface area contributed by atoms with Crippen molar-refractivity contribution in [3.05, 3.63) is 78.6 Å². The second-order valence-corrected chi connectivity index (χ2v) is 6.01. The van der Waals surface area contributed by atoms with Crippen LogP contribution in [0.1, 0.15) is 18.2 Å². The van der Waals surface area contributed by atoms with Gasteiger partial charge in [0.15, 0.2) is 0 Å². The molecule has 0 aliphatic rings. The third-order valence-electron chi connectivity index (χ3n) is 4.11. The second kappa shape index (κ2) is 10.5. The summed E-state index contributed by atoms with van der Waals surface area (Å²) < 4.78 is 11.2. The number of ether oxygens (including phenoxy) is 1. The number of aromatic nitrogens is 2. The van der Waals surface area contributed by atoms with Crippen molar-refractivity contribution in [1.29, 1.82) is 0 Å². The van der Waals surface area contributed by atoms with E-state index >= 15 is 0 Å². The second-order valence-electron chi connectivity index (χ2n) is 6.01. The largest absolute Gasteiger partial charge is 0.487 e. The summed E-state index contributed by atoms with van der Waals surface area (Å²) in [7, 11) is 0. The molecule has 4 aromatic rings. The SMILES string of the molecule is CCN=C(Nc1ccc(OCc2cnc[nH]2)cc1)c1ccc2occc2c1.Cl.Cl. The number of halogens is 2. The van der Waals surface area contributed by atoms with Gasteiger partial charge in [0.25, 0.3) is 0 Å². The lowest BCUT2D eigenvalue weighted by Crippen LogP contribution is -2.14. The Labute approximate surface area is 181 Å². The Morgan fingerprint density at radius 2 is 1.97 bits per heavy atom. The van der Waals surface area contributed by atoms with Crippen LogP contribution >= 0.6 is 24.8 Å². The van der Waals surface area contributed by atoms with Gasteiger partial charge >= 0.3 is 0 Å². The molecule has 2 heterocycles. The van der Waals surface area contributed by atoms with Gasteiger partial charge in [0, 0.05) is 23.2 Å². The average molecular weight is 433 g/mol. The molecule has 0 aliphatic carbocycles. The lowest BCUT2D eigenvalue weighted by Gasteiger charge is -2.11. The number of amidine groups is 1. The van der Waals surface area contributed by atoms with Crippen molar-refractivity contribution in [1.82, 2.24) is 9.97 Å². The molecule has 152 valence electrons. The first-order valence-corrected chi connectivity index (χ1v) is 8.81. The smallest absolute Gasteiger partial charge is 0.133 e. The minimum absolute atomic E-state index is 0. The van der Waals surface area contributed by atoms with E-state index in [9.17, 15) is 0 Å². The van der Waals surface area contributed by atoms with Gasteiger partial charge in [-0.05, 0) is 55.5 Å². The highest BCUT2D eigenvalue weighted by molar-refractivity contribution is 6.09. The van der Waals surface area contributed by atoms with E-state index in [1.165, 1.54) is 0 Å². The molecule has 2 N–H and O–H groups in total. The van der Waals surface area contributed by atoms with Crippen LogP contribution < -0.4 is 10.1 Å². The first-order chi connectivity index (χ1) is 13.3. The van der Waals surface area contributed by atoms with Crippen LogP contribution in [0.15, 0.2) is 76.7 Å². The van der Waals surface area contributed by atoms with E-state index in [4.69, 9.17) is 9.15 Å². The molecular formula is C21H22Cl2N4O2. The predicted octanol–water partition coefficient (Wildman–Crippen LogP) is 5.46. The molecule has 2 aromatic heterocycles. The number of anilines is 1. The molecule has 0 aliphatic heterocycles. The highest BCUT2D eigenvalue weighted by Crippen LogP contribution is 2.20. The maximum absolute atomic E-state index is 5.74. The van der Waals surface area contributed by atoms with Crippen molar-refractivity contribution < 1.29 is 9.15 Å². The Kier molecular flexibility index (Phi) is 8.12. The molecule has 6 nitrogen and oxygen atoms in total. The van der Waals surface area contributed by atoms with E-state index in [1.54, 1.807) is 18.8 Å². The molecule has 0 amide bonds. The summed E-state index contributed by atoms with van der Waals surface area (Å²) in [4.78, 5) is 11.6. The Morgan fingerprint density at radius 1 is 1.14 bits per heavy atom. The van der Waals surface area contributed by atoms with Crippen LogP contribution in [0, 0.1) is 0 Å². The molecule has 0 fully saturated rings. The van der Waals surface area contributed by atoms with Crippen molar-refractivity contribution in [2.45, 2.75) is 13.5 Å². The van der Waals surface area contributed by atoms with Gasteiger partial charge in [-0.25, -0.2) is 4.98 Å². The predicted molar refractivity (Wildman–Crippen MR) is 121 cm³/mol. The van der Waals surface area contributed by atoms with Gasteiger partial charge in [-0.15, -0.1) is 24.8 Å². The fraction of sp³-hybridized carbons (Fsp3) is 0.143. The average Bonchev–Trinajstić information content (AvgIpc) is 3.38. The third-order valence-corrected chi connectivity index (χ3v) is 4.11. The Balaban J connectivity index is 0.00000150. The van der Waals surface area contributed by atoms with E-state index in [0.717, 1.165) is 39.5 Å². The van der Waals surface area contributed by atoms with Crippen LogP contribution in [0.3, 0.4) is 0 Å². The summed E-state index contributed by atoms with van der Waals surface area (Å²) in [6.45, 7) is 3.17. The lowest BCUT2D eigenvalue weighted by molar-refractivity contribution is 0.302. The maximum Gasteiger partial charge on any atom is 0.133 e. The number of H-pyrrole nitrogens is 1. The van der Waals surface area contributed by atoms with Gasteiger partial charge in [0.1, 0.15) is 23.8 Å². The van der Waals surface area contributed by atoms with Crippen molar-refractivity contribution in [2.24, 2.45) is 4.99 Å². The topological polar surface area (TPSA) is 75.4 Å². The molecule has 4 rings (SSSR count). The van der Waals surface area contributed by atoms with Gasteiger partial charge in [0.2, 0.25) is 0 Å². The van der Waals surface area contributed by atoms with Gasteiger partial charge in [-0.3, -0.25) is 4.99 Å². The number of hydrogen-bond acceptors (Lipinski definition) is 4. The molecule has 0 saturated heterocycles. The van der Waals surface area contributed by atoms with Crippen LogP contribution in [-0.2, 0) is 6.61 Å². The number of nitrogens with one attached hydrogen (secondary N) is 2. The van der Waals surface area contributed by atoms with Crippen LogP contribution in [0.25, 0.3) is 11.0 Å². The number of imidazole rings is 1. The lowest BCUT2D eigenvalue weighted by atomic mass is 10.1. The van der Waals surface area contributed by atoms with E-state index in [0.29, 0.717) is 13.2 Å². The Bertz CT molecular complexity index is 1040. The zero-order valence-electron chi connectivity index (χ0n) is 15.8. The zero-order valence-corrected chi connectivity index (χ0v) is 17.4. The van der Waals surface area contributed by atoms with E-state index in [-0.39, 0.29) is 24.8 Å². The molecule has 0 atom stereocenters. The zero-order chi connectivity index (χ0) is 18.5. The van der Waals surface area contributed by atoms with E-state index in [1.807, 2.05) is 49.4 Å². The quantitative estimate of drug-likeness (QED) is 0.313. The van der Waals surface area contributed by atoms with Crippen molar-refractivity contribution in [3.63, 3.8) is 0 Å². The first kappa shape index (κ1) is 22.3. The number of hydrogen-bond donors (Lipinski definition) is 2. The van der Waals surface area contributed by atoms with Gasteiger partial charge < -0.3 is 19.5 Å². The number of aromatic amines is 1. The number of furan rings is 1. The van der Waals surface area contributed by atoms with Gasteiger partial charge in [-0.1, -0.05) is 0 Å². The third kappa shape index (κ3) is 5.53.